The Morgan fingerprint density at radius 2 is 1.65 bits per heavy atom. The minimum atomic E-state index is 0.452. The molecule has 0 fully saturated rings. The second-order valence-corrected chi connectivity index (χ2v) is 3.29. The molecule has 1 aromatic carbocycles. The molecule has 0 radical (unpaired) electrons. The van der Waals surface area contributed by atoms with Crippen LogP contribution >= 0.6 is 0 Å². The van der Waals surface area contributed by atoms with Gasteiger partial charge in [0.15, 0.2) is 11.5 Å². The van der Waals surface area contributed by atoms with E-state index in [1.165, 1.54) is 0 Å². The molecule has 2 N–H and O–H groups in total. The lowest BCUT2D eigenvalue weighted by Gasteiger charge is -2.13. The third-order valence-electron chi connectivity index (χ3n) is 2.21. The Labute approximate surface area is 101 Å². The SMILES string of the molecule is CCOCCOc1cc(OC)c(OC)cc1N. The van der Waals surface area contributed by atoms with Gasteiger partial charge in [-0.2, -0.15) is 0 Å². The number of nitrogens with two attached hydrogens (primary N) is 1. The van der Waals surface area contributed by atoms with Crippen molar-refractivity contribution in [3.05, 3.63) is 12.1 Å². The van der Waals surface area contributed by atoms with Gasteiger partial charge in [-0.05, 0) is 6.92 Å². The summed E-state index contributed by atoms with van der Waals surface area (Å²) in [6.45, 7) is 3.59. The number of ether oxygens (including phenoxy) is 4. The predicted octanol–water partition coefficient (Wildman–Crippen LogP) is 1.70. The molecule has 5 nitrogen and oxygen atoms in total. The molecule has 0 bridgehead atoms. The molecule has 0 aliphatic rings. The number of hydrogen-bond donors (Lipinski definition) is 1. The minimum absolute atomic E-state index is 0.452. The summed E-state index contributed by atoms with van der Waals surface area (Å²) in [5.74, 6) is 1.75. The van der Waals surface area contributed by atoms with Crippen LogP contribution in [-0.4, -0.2) is 34.0 Å². The number of nitrogen functional groups attached to an aromatic ring is 1. The van der Waals surface area contributed by atoms with E-state index in [1.54, 1.807) is 26.4 Å². The second kappa shape index (κ2) is 6.85. The van der Waals surface area contributed by atoms with E-state index in [1.807, 2.05) is 6.92 Å². The molecule has 0 spiro atoms. The highest BCUT2D eigenvalue weighted by Crippen LogP contribution is 2.36. The molecular weight excluding hydrogens is 222 g/mol. The van der Waals surface area contributed by atoms with Crippen LogP contribution in [0.4, 0.5) is 5.69 Å². The van der Waals surface area contributed by atoms with Crippen molar-refractivity contribution < 1.29 is 18.9 Å². The zero-order valence-corrected chi connectivity index (χ0v) is 10.5. The Morgan fingerprint density at radius 1 is 1.00 bits per heavy atom. The monoisotopic (exact) mass is 241 g/mol. The van der Waals surface area contributed by atoms with Gasteiger partial charge >= 0.3 is 0 Å². The lowest BCUT2D eigenvalue weighted by atomic mass is 10.2. The van der Waals surface area contributed by atoms with Gasteiger partial charge in [-0.3, -0.25) is 0 Å². The second-order valence-electron chi connectivity index (χ2n) is 3.29. The third kappa shape index (κ3) is 3.71. The Morgan fingerprint density at radius 3 is 2.24 bits per heavy atom. The van der Waals surface area contributed by atoms with Crippen molar-refractivity contribution in [2.75, 3.05) is 39.8 Å². The quantitative estimate of drug-likeness (QED) is 0.581. The molecule has 0 saturated heterocycles. The molecule has 0 heterocycles. The van der Waals surface area contributed by atoms with Gasteiger partial charge in [-0.1, -0.05) is 0 Å². The van der Waals surface area contributed by atoms with Gasteiger partial charge in [0.2, 0.25) is 0 Å². The van der Waals surface area contributed by atoms with Crippen LogP contribution in [0.2, 0.25) is 0 Å². The fourth-order valence-corrected chi connectivity index (χ4v) is 1.36. The molecule has 1 aromatic rings. The summed E-state index contributed by atoms with van der Waals surface area (Å²) in [5, 5.41) is 0. The van der Waals surface area contributed by atoms with E-state index in [9.17, 15) is 0 Å². The minimum Gasteiger partial charge on any atom is -0.493 e. The zero-order chi connectivity index (χ0) is 12.7. The molecule has 0 amide bonds. The molecule has 1 rings (SSSR count). The number of rotatable bonds is 7. The molecule has 0 unspecified atom stereocenters. The predicted molar refractivity (Wildman–Crippen MR) is 65.9 cm³/mol. The first-order valence-electron chi connectivity index (χ1n) is 5.45. The molecular formula is C12H19NO4. The van der Waals surface area contributed by atoms with Gasteiger partial charge in [0.1, 0.15) is 12.4 Å². The summed E-state index contributed by atoms with van der Waals surface area (Å²) in [5.41, 5.74) is 6.35. The molecule has 0 aliphatic heterocycles. The van der Waals surface area contributed by atoms with Crippen LogP contribution in [0.15, 0.2) is 12.1 Å². The normalized spacial score (nSPS) is 10.1. The summed E-state index contributed by atoms with van der Waals surface area (Å²) in [7, 11) is 3.13. The first-order chi connectivity index (χ1) is 8.22. The van der Waals surface area contributed by atoms with Crippen molar-refractivity contribution in [2.24, 2.45) is 0 Å². The van der Waals surface area contributed by atoms with E-state index in [4.69, 9.17) is 24.7 Å². The maximum absolute atomic E-state index is 5.83. The summed E-state index contributed by atoms with van der Waals surface area (Å²) in [6, 6.07) is 3.38. The number of anilines is 1. The smallest absolute Gasteiger partial charge is 0.164 e. The van der Waals surface area contributed by atoms with Crippen LogP contribution in [0.1, 0.15) is 6.92 Å². The first kappa shape index (κ1) is 13.4. The highest BCUT2D eigenvalue weighted by molar-refractivity contribution is 5.61. The van der Waals surface area contributed by atoms with Crippen LogP contribution in [-0.2, 0) is 4.74 Å². The molecule has 0 atom stereocenters. The van der Waals surface area contributed by atoms with Crippen LogP contribution < -0.4 is 19.9 Å². The summed E-state index contributed by atoms with van der Waals surface area (Å²) < 4.78 is 21.0. The molecule has 0 saturated carbocycles. The van der Waals surface area contributed by atoms with E-state index in [2.05, 4.69) is 0 Å². The number of methoxy groups -OCH3 is 2. The van der Waals surface area contributed by atoms with Gasteiger partial charge in [0, 0.05) is 18.7 Å². The van der Waals surface area contributed by atoms with E-state index >= 15 is 0 Å². The molecule has 5 heteroatoms. The standard InChI is InChI=1S/C12H19NO4/c1-4-16-5-6-17-10-8-12(15-3)11(14-2)7-9(10)13/h7-8H,4-6,13H2,1-3H3. The van der Waals surface area contributed by atoms with E-state index in [0.29, 0.717) is 42.8 Å². The Bertz CT molecular complexity index is 355. The average molecular weight is 241 g/mol. The fourth-order valence-electron chi connectivity index (χ4n) is 1.36. The maximum Gasteiger partial charge on any atom is 0.164 e. The first-order valence-corrected chi connectivity index (χ1v) is 5.45. The highest BCUT2D eigenvalue weighted by atomic mass is 16.5. The number of hydrogen-bond acceptors (Lipinski definition) is 5. The lowest BCUT2D eigenvalue weighted by Crippen LogP contribution is -2.08. The van der Waals surface area contributed by atoms with Gasteiger partial charge < -0.3 is 24.7 Å². The maximum atomic E-state index is 5.83. The van der Waals surface area contributed by atoms with Crippen molar-refractivity contribution >= 4 is 5.69 Å². The largest absolute Gasteiger partial charge is 0.493 e. The number of benzene rings is 1. The highest BCUT2D eigenvalue weighted by Gasteiger charge is 2.09. The van der Waals surface area contributed by atoms with Crippen LogP contribution in [0.5, 0.6) is 17.2 Å². The Hall–Kier alpha value is -1.62. The fraction of sp³-hybridized carbons (Fsp3) is 0.500. The molecule has 17 heavy (non-hydrogen) atoms. The lowest BCUT2D eigenvalue weighted by molar-refractivity contribution is 0.110. The Kier molecular flexibility index (Phi) is 5.42. The van der Waals surface area contributed by atoms with Crippen molar-refractivity contribution in [3.8, 4) is 17.2 Å². The molecule has 96 valence electrons. The molecule has 0 aliphatic carbocycles. The third-order valence-corrected chi connectivity index (χ3v) is 2.21. The van der Waals surface area contributed by atoms with Crippen molar-refractivity contribution in [3.63, 3.8) is 0 Å². The van der Waals surface area contributed by atoms with Crippen LogP contribution in [0, 0.1) is 0 Å². The van der Waals surface area contributed by atoms with Crippen LogP contribution in [0.25, 0.3) is 0 Å². The van der Waals surface area contributed by atoms with Crippen molar-refractivity contribution in [1.29, 1.82) is 0 Å². The van der Waals surface area contributed by atoms with Gasteiger partial charge in [0.05, 0.1) is 26.5 Å². The summed E-state index contributed by atoms with van der Waals surface area (Å²) >= 11 is 0. The van der Waals surface area contributed by atoms with Gasteiger partial charge in [-0.15, -0.1) is 0 Å². The Balaban J connectivity index is 2.71. The topological polar surface area (TPSA) is 62.9 Å². The van der Waals surface area contributed by atoms with Gasteiger partial charge in [0.25, 0.3) is 0 Å². The van der Waals surface area contributed by atoms with Gasteiger partial charge in [-0.25, -0.2) is 0 Å². The van der Waals surface area contributed by atoms with Crippen molar-refractivity contribution in [1.82, 2.24) is 0 Å². The van der Waals surface area contributed by atoms with Crippen molar-refractivity contribution in [2.45, 2.75) is 6.92 Å². The van der Waals surface area contributed by atoms with E-state index in [0.717, 1.165) is 0 Å². The summed E-state index contributed by atoms with van der Waals surface area (Å²) in [4.78, 5) is 0. The average Bonchev–Trinajstić information content (AvgIpc) is 2.35. The van der Waals surface area contributed by atoms with E-state index in [-0.39, 0.29) is 0 Å². The summed E-state index contributed by atoms with van der Waals surface area (Å²) in [6.07, 6.45) is 0. The van der Waals surface area contributed by atoms with E-state index < -0.39 is 0 Å². The molecule has 0 aromatic heterocycles. The zero-order valence-electron chi connectivity index (χ0n) is 10.5. The van der Waals surface area contributed by atoms with Crippen LogP contribution in [0.3, 0.4) is 0 Å².